The summed E-state index contributed by atoms with van der Waals surface area (Å²) in [5, 5.41) is 0. The number of hydrogen-bond acceptors (Lipinski definition) is 5. The van der Waals surface area contributed by atoms with Crippen LogP contribution in [0.5, 0.6) is 0 Å². The van der Waals surface area contributed by atoms with E-state index in [1.807, 2.05) is 11.0 Å². The first kappa shape index (κ1) is 12.8. The molecule has 0 atom stereocenters. The second-order valence-corrected chi connectivity index (χ2v) is 4.99. The first-order chi connectivity index (χ1) is 9.70. The van der Waals surface area contributed by atoms with Gasteiger partial charge in [-0.1, -0.05) is 6.07 Å². The zero-order valence-corrected chi connectivity index (χ0v) is 11.3. The second kappa shape index (κ2) is 5.05. The van der Waals surface area contributed by atoms with Crippen molar-refractivity contribution in [3.8, 4) is 0 Å². The molecule has 6 nitrogen and oxygen atoms in total. The van der Waals surface area contributed by atoms with Crippen LogP contribution in [0.4, 0.5) is 5.82 Å². The third-order valence-corrected chi connectivity index (χ3v) is 3.67. The highest BCUT2D eigenvalue weighted by Crippen LogP contribution is 2.16. The smallest absolute Gasteiger partial charge is 0.270 e. The first-order valence-corrected chi connectivity index (χ1v) is 6.61. The van der Waals surface area contributed by atoms with E-state index in [-0.39, 0.29) is 11.1 Å². The van der Waals surface area contributed by atoms with Crippen molar-refractivity contribution in [1.82, 2.24) is 14.3 Å². The van der Waals surface area contributed by atoms with Crippen LogP contribution in [0.3, 0.4) is 0 Å². The van der Waals surface area contributed by atoms with Crippen molar-refractivity contribution in [3.05, 3.63) is 40.3 Å². The number of rotatable bonds is 2. The molecule has 0 unspecified atom stereocenters. The van der Waals surface area contributed by atoms with E-state index >= 15 is 0 Å². The lowest BCUT2D eigenvalue weighted by Gasteiger charge is -2.33. The van der Waals surface area contributed by atoms with Gasteiger partial charge in [-0.3, -0.25) is 14.0 Å². The van der Waals surface area contributed by atoms with Gasteiger partial charge in [0, 0.05) is 32.4 Å². The average molecular weight is 272 g/mol. The minimum atomic E-state index is -0.306. The Morgan fingerprint density at radius 1 is 1.20 bits per heavy atom. The summed E-state index contributed by atoms with van der Waals surface area (Å²) < 4.78 is 1.41. The fourth-order valence-corrected chi connectivity index (χ4v) is 2.45. The molecule has 6 heteroatoms. The number of carbonyl (C=O) groups is 1. The highest BCUT2D eigenvalue weighted by molar-refractivity contribution is 5.83. The number of carbonyl (C=O) groups excluding carboxylic acids is 1. The maximum atomic E-state index is 12.3. The van der Waals surface area contributed by atoms with Gasteiger partial charge in [-0.05, 0) is 19.2 Å². The van der Waals surface area contributed by atoms with Crippen LogP contribution in [0.2, 0.25) is 0 Å². The molecule has 0 spiro atoms. The Morgan fingerprint density at radius 2 is 1.95 bits per heavy atom. The molecule has 1 fully saturated rings. The molecule has 0 aliphatic carbocycles. The number of hydrogen-bond donors (Lipinski definition) is 0. The predicted octanol–water partition coefficient (Wildman–Crippen LogP) is 0.259. The lowest BCUT2D eigenvalue weighted by Crippen LogP contribution is -2.46. The molecule has 104 valence electrons. The topological polar surface area (TPSA) is 57.9 Å². The molecule has 0 bridgehead atoms. The molecule has 0 radical (unpaired) electrons. The Morgan fingerprint density at radius 3 is 2.65 bits per heavy atom. The maximum absolute atomic E-state index is 12.3. The molecule has 0 amide bonds. The number of aldehydes is 1. The van der Waals surface area contributed by atoms with Crippen molar-refractivity contribution >= 4 is 17.8 Å². The van der Waals surface area contributed by atoms with Gasteiger partial charge in [-0.25, -0.2) is 4.98 Å². The van der Waals surface area contributed by atoms with Gasteiger partial charge in [-0.15, -0.1) is 0 Å². The third-order valence-electron chi connectivity index (χ3n) is 3.67. The van der Waals surface area contributed by atoms with Crippen LogP contribution in [-0.2, 0) is 0 Å². The fourth-order valence-electron chi connectivity index (χ4n) is 2.45. The molecule has 1 aliphatic heterocycles. The minimum Gasteiger partial charge on any atom is -0.353 e. The van der Waals surface area contributed by atoms with Crippen LogP contribution in [0.1, 0.15) is 10.4 Å². The predicted molar refractivity (Wildman–Crippen MR) is 76.6 cm³/mol. The fraction of sp³-hybridized carbons (Fsp3) is 0.357. The molecule has 2 aromatic rings. The van der Waals surface area contributed by atoms with Crippen LogP contribution in [0, 0.1) is 0 Å². The highest BCUT2D eigenvalue weighted by atomic mass is 16.1. The van der Waals surface area contributed by atoms with E-state index in [4.69, 9.17) is 0 Å². The number of piperazine rings is 1. The van der Waals surface area contributed by atoms with E-state index in [2.05, 4.69) is 16.9 Å². The normalized spacial score (nSPS) is 16.6. The van der Waals surface area contributed by atoms with Gasteiger partial charge < -0.3 is 9.80 Å². The van der Waals surface area contributed by atoms with Gasteiger partial charge in [0.2, 0.25) is 0 Å². The van der Waals surface area contributed by atoms with Crippen molar-refractivity contribution in [2.45, 2.75) is 0 Å². The number of nitrogens with zero attached hydrogens (tertiary/aromatic N) is 4. The van der Waals surface area contributed by atoms with E-state index in [0.717, 1.165) is 26.2 Å². The average Bonchev–Trinajstić information content (AvgIpc) is 2.48. The molecule has 2 aromatic heterocycles. The Kier molecular flexibility index (Phi) is 3.23. The summed E-state index contributed by atoms with van der Waals surface area (Å²) >= 11 is 0. The van der Waals surface area contributed by atoms with Crippen molar-refractivity contribution in [2.24, 2.45) is 0 Å². The monoisotopic (exact) mass is 272 g/mol. The van der Waals surface area contributed by atoms with E-state index in [1.54, 1.807) is 18.3 Å². The molecule has 1 aliphatic rings. The Hall–Kier alpha value is -2.21. The van der Waals surface area contributed by atoms with Gasteiger partial charge in [0.15, 0.2) is 6.29 Å². The lowest BCUT2D eigenvalue weighted by atomic mass is 10.2. The quantitative estimate of drug-likeness (QED) is 0.734. The highest BCUT2D eigenvalue weighted by Gasteiger charge is 2.21. The maximum Gasteiger partial charge on any atom is 0.270 e. The van der Waals surface area contributed by atoms with E-state index < -0.39 is 0 Å². The summed E-state index contributed by atoms with van der Waals surface area (Å²) in [7, 11) is 2.06. The molecule has 3 rings (SSSR count). The number of likely N-dealkylation sites (N-methyl/N-ethyl adjacent to an activating group) is 1. The summed E-state index contributed by atoms with van der Waals surface area (Å²) in [6.07, 6.45) is 2.24. The Bertz CT molecular complexity index is 702. The van der Waals surface area contributed by atoms with Gasteiger partial charge in [0.1, 0.15) is 17.0 Å². The molecular formula is C14H16N4O2. The van der Waals surface area contributed by atoms with Gasteiger partial charge in [-0.2, -0.15) is 0 Å². The van der Waals surface area contributed by atoms with Crippen LogP contribution < -0.4 is 10.5 Å². The molecule has 1 saturated heterocycles. The summed E-state index contributed by atoms with van der Waals surface area (Å²) in [5.41, 5.74) is 0.398. The van der Waals surface area contributed by atoms with Crippen LogP contribution in [-0.4, -0.2) is 53.8 Å². The van der Waals surface area contributed by atoms with Gasteiger partial charge >= 0.3 is 0 Å². The zero-order chi connectivity index (χ0) is 14.1. The van der Waals surface area contributed by atoms with Crippen LogP contribution in [0.25, 0.3) is 5.65 Å². The minimum absolute atomic E-state index is 0.137. The summed E-state index contributed by atoms with van der Waals surface area (Å²) in [6, 6.07) is 5.35. The van der Waals surface area contributed by atoms with Crippen molar-refractivity contribution in [3.63, 3.8) is 0 Å². The number of anilines is 1. The number of aromatic nitrogens is 2. The van der Waals surface area contributed by atoms with Crippen molar-refractivity contribution < 1.29 is 4.79 Å². The standard InChI is InChI=1S/C14H16N4O2/c1-16-6-8-17(9-7-16)13-11(10-19)14(20)18-5-3-2-4-12(18)15-13/h2-5,10H,6-9H2,1H3. The zero-order valence-electron chi connectivity index (χ0n) is 11.3. The Balaban J connectivity index is 2.14. The second-order valence-electron chi connectivity index (χ2n) is 4.99. The first-order valence-electron chi connectivity index (χ1n) is 6.61. The number of pyridine rings is 1. The molecular weight excluding hydrogens is 256 g/mol. The third kappa shape index (κ3) is 2.08. The number of fused-ring (bicyclic) bond motifs is 1. The summed E-state index contributed by atoms with van der Waals surface area (Å²) in [6.45, 7) is 3.34. The Labute approximate surface area is 116 Å². The SMILES string of the molecule is CN1CCN(c2nc3ccccn3c(=O)c2C=O)CC1. The molecule has 0 aromatic carbocycles. The van der Waals surface area contributed by atoms with Gasteiger partial charge in [0.25, 0.3) is 5.56 Å². The largest absolute Gasteiger partial charge is 0.353 e. The van der Waals surface area contributed by atoms with Crippen molar-refractivity contribution in [1.29, 1.82) is 0 Å². The van der Waals surface area contributed by atoms with E-state index in [0.29, 0.717) is 17.8 Å². The van der Waals surface area contributed by atoms with Gasteiger partial charge in [0.05, 0.1) is 0 Å². The molecule has 3 heterocycles. The van der Waals surface area contributed by atoms with E-state index in [1.165, 1.54) is 4.40 Å². The van der Waals surface area contributed by atoms with Crippen LogP contribution >= 0.6 is 0 Å². The molecule has 0 N–H and O–H groups in total. The summed E-state index contributed by atoms with van der Waals surface area (Å²) in [4.78, 5) is 32.4. The van der Waals surface area contributed by atoms with Crippen molar-refractivity contribution in [2.75, 3.05) is 38.1 Å². The van der Waals surface area contributed by atoms with E-state index in [9.17, 15) is 9.59 Å². The summed E-state index contributed by atoms with van der Waals surface area (Å²) in [5.74, 6) is 0.504. The van der Waals surface area contributed by atoms with Crippen LogP contribution in [0.15, 0.2) is 29.2 Å². The lowest BCUT2D eigenvalue weighted by molar-refractivity contribution is 0.112. The molecule has 20 heavy (non-hydrogen) atoms. The molecule has 0 saturated carbocycles.